The Labute approximate surface area is 85.5 Å². The van der Waals surface area contributed by atoms with Gasteiger partial charge in [0.1, 0.15) is 6.29 Å². The number of allylic oxidation sites excluding steroid dienone is 1. The molecular weight excluding hydrogens is 172 g/mol. The summed E-state index contributed by atoms with van der Waals surface area (Å²) >= 11 is 0. The largest absolute Gasteiger partial charge is 0.303 e. The second kappa shape index (κ2) is 5.38. The van der Waals surface area contributed by atoms with Gasteiger partial charge in [-0.05, 0) is 37.0 Å². The van der Waals surface area contributed by atoms with Crippen LogP contribution in [0.5, 0.6) is 0 Å². The number of rotatable bonds is 4. The number of hydrogen-bond donors (Lipinski definition) is 0. The Balaban J connectivity index is 2.63. The number of carbonyl (C=O) groups excluding carboxylic acids is 1. The third-order valence-electron chi connectivity index (χ3n) is 2.29. The molecule has 0 fully saturated rings. The Hall–Kier alpha value is -1.37. The normalized spacial score (nSPS) is 10.7. The van der Waals surface area contributed by atoms with Gasteiger partial charge in [-0.25, -0.2) is 0 Å². The van der Waals surface area contributed by atoms with Gasteiger partial charge in [-0.3, -0.25) is 0 Å². The third kappa shape index (κ3) is 3.17. The lowest BCUT2D eigenvalue weighted by molar-refractivity contribution is -0.107. The van der Waals surface area contributed by atoms with Gasteiger partial charge in [0.25, 0.3) is 0 Å². The third-order valence-corrected chi connectivity index (χ3v) is 2.29. The molecule has 0 heterocycles. The van der Waals surface area contributed by atoms with Crippen LogP contribution in [0.15, 0.2) is 24.3 Å². The number of unbranched alkanes of at least 4 members (excludes halogenated alkanes) is 1. The average Bonchev–Trinajstić information content (AvgIpc) is 2.18. The van der Waals surface area contributed by atoms with E-state index >= 15 is 0 Å². The molecule has 0 aromatic heterocycles. The molecule has 0 atom stereocenters. The van der Waals surface area contributed by atoms with Gasteiger partial charge in [0.05, 0.1) is 0 Å². The second-order valence-corrected chi connectivity index (χ2v) is 3.49. The van der Waals surface area contributed by atoms with Gasteiger partial charge >= 0.3 is 0 Å². The smallest absolute Gasteiger partial charge is 0.120 e. The topological polar surface area (TPSA) is 17.1 Å². The van der Waals surface area contributed by atoms with E-state index in [2.05, 4.69) is 38.1 Å². The van der Waals surface area contributed by atoms with Gasteiger partial charge in [-0.15, -0.1) is 0 Å². The van der Waals surface area contributed by atoms with Crippen molar-refractivity contribution in [3.05, 3.63) is 41.0 Å². The van der Waals surface area contributed by atoms with E-state index in [1.165, 1.54) is 16.7 Å². The highest BCUT2D eigenvalue weighted by Gasteiger charge is 1.92. The van der Waals surface area contributed by atoms with Crippen molar-refractivity contribution < 1.29 is 4.79 Å². The van der Waals surface area contributed by atoms with E-state index in [-0.39, 0.29) is 0 Å². The van der Waals surface area contributed by atoms with Crippen LogP contribution in [0.2, 0.25) is 0 Å². The minimum atomic E-state index is 0.612. The van der Waals surface area contributed by atoms with E-state index in [1.807, 2.05) is 6.08 Å². The summed E-state index contributed by atoms with van der Waals surface area (Å²) < 4.78 is 0. The van der Waals surface area contributed by atoms with Crippen LogP contribution in [0, 0.1) is 13.8 Å². The van der Waals surface area contributed by atoms with Crippen molar-refractivity contribution >= 4 is 12.4 Å². The summed E-state index contributed by atoms with van der Waals surface area (Å²) in [5.74, 6) is 0. The lowest BCUT2D eigenvalue weighted by Gasteiger charge is -2.00. The molecule has 0 aliphatic carbocycles. The zero-order valence-corrected chi connectivity index (χ0v) is 8.79. The molecule has 0 aliphatic heterocycles. The van der Waals surface area contributed by atoms with Crippen LogP contribution in [-0.4, -0.2) is 6.29 Å². The Bertz CT molecular complexity index is 337. The summed E-state index contributed by atoms with van der Waals surface area (Å²) in [6.07, 6.45) is 6.50. The van der Waals surface area contributed by atoms with E-state index < -0.39 is 0 Å². The number of aldehydes is 1. The zero-order valence-electron chi connectivity index (χ0n) is 8.79. The molecule has 0 spiro atoms. The van der Waals surface area contributed by atoms with E-state index in [4.69, 9.17) is 0 Å². The first-order valence-corrected chi connectivity index (χ1v) is 4.91. The van der Waals surface area contributed by atoms with Crippen molar-refractivity contribution in [1.82, 2.24) is 0 Å². The fourth-order valence-corrected chi connectivity index (χ4v) is 1.25. The van der Waals surface area contributed by atoms with Crippen LogP contribution in [0.25, 0.3) is 6.08 Å². The van der Waals surface area contributed by atoms with Crippen molar-refractivity contribution in [2.24, 2.45) is 0 Å². The first kappa shape index (κ1) is 10.7. The maximum Gasteiger partial charge on any atom is 0.120 e. The summed E-state index contributed by atoms with van der Waals surface area (Å²) in [4.78, 5) is 10.1. The van der Waals surface area contributed by atoms with Crippen molar-refractivity contribution in [1.29, 1.82) is 0 Å². The minimum Gasteiger partial charge on any atom is -0.303 e. The Kier molecular flexibility index (Phi) is 4.11. The van der Waals surface area contributed by atoms with Gasteiger partial charge < -0.3 is 4.79 Å². The molecule has 0 bridgehead atoms. The number of aryl methyl sites for hydroxylation is 2. The molecule has 1 aromatic rings. The molecular formula is C13H16O. The fourth-order valence-electron chi connectivity index (χ4n) is 1.25. The lowest BCUT2D eigenvalue weighted by atomic mass is 10.1. The van der Waals surface area contributed by atoms with E-state index in [0.717, 1.165) is 12.7 Å². The lowest BCUT2D eigenvalue weighted by Crippen LogP contribution is -1.81. The van der Waals surface area contributed by atoms with E-state index in [0.29, 0.717) is 6.42 Å². The van der Waals surface area contributed by atoms with Crippen LogP contribution in [-0.2, 0) is 4.79 Å². The standard InChI is InChI=1S/C13H16O/c1-11-7-8-13(10-12(11)2)6-4-3-5-9-14/h4,6-10H,3,5H2,1-2H3/b6-4+. The first-order valence-electron chi connectivity index (χ1n) is 4.91. The maximum atomic E-state index is 10.1. The van der Waals surface area contributed by atoms with Crippen molar-refractivity contribution in [2.45, 2.75) is 26.7 Å². The Morgan fingerprint density at radius 3 is 2.57 bits per heavy atom. The number of hydrogen-bond acceptors (Lipinski definition) is 1. The number of benzene rings is 1. The zero-order chi connectivity index (χ0) is 10.4. The van der Waals surface area contributed by atoms with Crippen LogP contribution in [0.4, 0.5) is 0 Å². The summed E-state index contributed by atoms with van der Waals surface area (Å²) in [7, 11) is 0. The predicted molar refractivity (Wildman–Crippen MR) is 60.2 cm³/mol. The monoisotopic (exact) mass is 188 g/mol. The van der Waals surface area contributed by atoms with Crippen LogP contribution >= 0.6 is 0 Å². The molecule has 0 unspecified atom stereocenters. The van der Waals surface area contributed by atoms with E-state index in [1.54, 1.807) is 0 Å². The molecule has 1 rings (SSSR count). The molecule has 0 saturated heterocycles. The van der Waals surface area contributed by atoms with Gasteiger partial charge in [0.2, 0.25) is 0 Å². The first-order chi connectivity index (χ1) is 6.74. The van der Waals surface area contributed by atoms with Crippen LogP contribution in [0.3, 0.4) is 0 Å². The highest BCUT2D eigenvalue weighted by atomic mass is 16.1. The molecule has 1 nitrogen and oxygen atoms in total. The van der Waals surface area contributed by atoms with Crippen molar-refractivity contribution in [3.63, 3.8) is 0 Å². The van der Waals surface area contributed by atoms with Gasteiger partial charge in [0, 0.05) is 6.42 Å². The molecule has 0 amide bonds. The van der Waals surface area contributed by atoms with Crippen LogP contribution < -0.4 is 0 Å². The molecule has 74 valence electrons. The van der Waals surface area contributed by atoms with Gasteiger partial charge in [-0.1, -0.05) is 30.4 Å². The summed E-state index contributed by atoms with van der Waals surface area (Å²) in [6, 6.07) is 6.38. The highest BCUT2D eigenvalue weighted by molar-refractivity contribution is 5.53. The maximum absolute atomic E-state index is 10.1. The second-order valence-electron chi connectivity index (χ2n) is 3.49. The number of carbonyl (C=O) groups is 1. The van der Waals surface area contributed by atoms with Gasteiger partial charge in [0.15, 0.2) is 0 Å². The molecule has 0 N–H and O–H groups in total. The van der Waals surface area contributed by atoms with E-state index in [9.17, 15) is 4.79 Å². The fraction of sp³-hybridized carbons (Fsp3) is 0.308. The summed E-state index contributed by atoms with van der Waals surface area (Å²) in [5, 5.41) is 0. The summed E-state index contributed by atoms with van der Waals surface area (Å²) in [6.45, 7) is 4.22. The molecule has 0 saturated carbocycles. The molecule has 0 radical (unpaired) electrons. The molecule has 1 heteroatoms. The average molecular weight is 188 g/mol. The summed E-state index contributed by atoms with van der Waals surface area (Å²) in [5.41, 5.74) is 3.83. The minimum absolute atomic E-state index is 0.612. The van der Waals surface area contributed by atoms with Crippen molar-refractivity contribution in [2.75, 3.05) is 0 Å². The molecule has 14 heavy (non-hydrogen) atoms. The Morgan fingerprint density at radius 2 is 1.93 bits per heavy atom. The quantitative estimate of drug-likeness (QED) is 0.523. The molecule has 1 aromatic carbocycles. The SMILES string of the molecule is Cc1ccc(/C=C/CCC=O)cc1C. The van der Waals surface area contributed by atoms with Crippen molar-refractivity contribution in [3.8, 4) is 0 Å². The predicted octanol–water partition coefficient (Wildman–Crippen LogP) is 3.30. The van der Waals surface area contributed by atoms with Crippen LogP contribution in [0.1, 0.15) is 29.5 Å². The highest BCUT2D eigenvalue weighted by Crippen LogP contribution is 2.11. The Morgan fingerprint density at radius 1 is 1.14 bits per heavy atom. The molecule has 0 aliphatic rings. The van der Waals surface area contributed by atoms with Gasteiger partial charge in [-0.2, -0.15) is 0 Å².